The van der Waals surface area contributed by atoms with Gasteiger partial charge in [-0.1, -0.05) is 32.4 Å². The molecule has 5 nitrogen and oxygen atoms in total. The summed E-state index contributed by atoms with van der Waals surface area (Å²) in [6.45, 7) is 13.5. The predicted octanol–water partition coefficient (Wildman–Crippen LogP) is 2.56. The van der Waals surface area contributed by atoms with Gasteiger partial charge in [-0.05, 0) is 33.4 Å². The highest BCUT2D eigenvalue weighted by molar-refractivity contribution is 6.31. The lowest BCUT2D eigenvalue weighted by Gasteiger charge is -2.20. The second-order valence-corrected chi connectivity index (χ2v) is 5.55. The zero-order valence-corrected chi connectivity index (χ0v) is 14.5. The van der Waals surface area contributed by atoms with Crippen molar-refractivity contribution >= 4 is 17.5 Å². The molecule has 1 aromatic heterocycles. The number of hydrogen-bond acceptors (Lipinski definition) is 3. The Morgan fingerprint density at radius 1 is 1.33 bits per heavy atom. The van der Waals surface area contributed by atoms with E-state index in [0.29, 0.717) is 18.0 Å². The van der Waals surface area contributed by atoms with Crippen molar-refractivity contribution in [2.24, 2.45) is 0 Å². The van der Waals surface area contributed by atoms with Gasteiger partial charge in [0.1, 0.15) is 6.04 Å². The molecule has 120 valence electrons. The van der Waals surface area contributed by atoms with Gasteiger partial charge in [0.25, 0.3) is 0 Å². The summed E-state index contributed by atoms with van der Waals surface area (Å²) in [5.41, 5.74) is 1.61. The molecule has 1 aromatic rings. The van der Waals surface area contributed by atoms with E-state index in [9.17, 15) is 4.79 Å². The SMILES string of the molecule is CCC(C(=O)NCCN(CC)CC)n1nc(C)c(Cl)c1C. The number of nitrogens with one attached hydrogen (secondary N) is 1. The van der Waals surface area contributed by atoms with Crippen LogP contribution in [0.3, 0.4) is 0 Å². The molecule has 1 atom stereocenters. The van der Waals surface area contributed by atoms with Crippen LogP contribution in [0.25, 0.3) is 0 Å². The molecule has 0 fully saturated rings. The van der Waals surface area contributed by atoms with E-state index in [1.807, 2.05) is 20.8 Å². The fourth-order valence-electron chi connectivity index (χ4n) is 2.41. The lowest BCUT2D eigenvalue weighted by atomic mass is 10.2. The molecule has 0 aliphatic rings. The van der Waals surface area contributed by atoms with Crippen LogP contribution < -0.4 is 5.32 Å². The van der Waals surface area contributed by atoms with Crippen LogP contribution >= 0.6 is 11.6 Å². The van der Waals surface area contributed by atoms with Crippen molar-refractivity contribution in [1.29, 1.82) is 0 Å². The number of carbonyl (C=O) groups is 1. The van der Waals surface area contributed by atoms with E-state index in [1.165, 1.54) is 0 Å². The molecule has 0 radical (unpaired) electrons. The van der Waals surface area contributed by atoms with E-state index < -0.39 is 0 Å². The monoisotopic (exact) mass is 314 g/mol. The average molecular weight is 315 g/mol. The number of amides is 1. The molecule has 1 heterocycles. The van der Waals surface area contributed by atoms with Gasteiger partial charge in [-0.15, -0.1) is 0 Å². The zero-order valence-electron chi connectivity index (χ0n) is 13.7. The van der Waals surface area contributed by atoms with Gasteiger partial charge in [-0.25, -0.2) is 0 Å². The number of rotatable bonds is 8. The minimum Gasteiger partial charge on any atom is -0.353 e. The normalized spacial score (nSPS) is 12.7. The minimum atomic E-state index is -0.298. The van der Waals surface area contributed by atoms with E-state index in [1.54, 1.807) is 4.68 Å². The first-order valence-electron chi connectivity index (χ1n) is 7.67. The third kappa shape index (κ3) is 4.45. The summed E-state index contributed by atoms with van der Waals surface area (Å²) in [6, 6.07) is -0.298. The number of aromatic nitrogens is 2. The number of aryl methyl sites for hydroxylation is 1. The quantitative estimate of drug-likeness (QED) is 0.802. The Kier molecular flexibility index (Phi) is 7.18. The van der Waals surface area contributed by atoms with Gasteiger partial charge >= 0.3 is 0 Å². The molecule has 1 rings (SSSR count). The average Bonchev–Trinajstić information content (AvgIpc) is 2.72. The van der Waals surface area contributed by atoms with Crippen molar-refractivity contribution < 1.29 is 4.79 Å². The van der Waals surface area contributed by atoms with Crippen molar-refractivity contribution in [2.45, 2.75) is 47.1 Å². The Labute approximate surface area is 132 Å². The summed E-state index contributed by atoms with van der Waals surface area (Å²) in [6.07, 6.45) is 0.690. The third-order valence-corrected chi connectivity index (χ3v) is 4.39. The first-order valence-corrected chi connectivity index (χ1v) is 8.05. The predicted molar refractivity (Wildman–Crippen MR) is 86.8 cm³/mol. The number of carbonyl (C=O) groups excluding carboxylic acids is 1. The molecule has 1 unspecified atom stereocenters. The van der Waals surface area contributed by atoms with Gasteiger partial charge in [0.15, 0.2) is 0 Å². The summed E-state index contributed by atoms with van der Waals surface area (Å²) in [5, 5.41) is 8.04. The first kappa shape index (κ1) is 18.0. The lowest BCUT2D eigenvalue weighted by molar-refractivity contribution is -0.124. The molecular weight excluding hydrogens is 288 g/mol. The van der Waals surface area contributed by atoms with Crippen LogP contribution in [0.4, 0.5) is 0 Å². The van der Waals surface area contributed by atoms with Gasteiger partial charge in [0.05, 0.1) is 16.4 Å². The largest absolute Gasteiger partial charge is 0.353 e. The van der Waals surface area contributed by atoms with Crippen LogP contribution in [-0.2, 0) is 4.79 Å². The summed E-state index contributed by atoms with van der Waals surface area (Å²) in [7, 11) is 0. The van der Waals surface area contributed by atoms with Crippen molar-refractivity contribution in [2.75, 3.05) is 26.2 Å². The summed E-state index contributed by atoms with van der Waals surface area (Å²) in [5.74, 6) is 0.00641. The second-order valence-electron chi connectivity index (χ2n) is 5.17. The fourth-order valence-corrected chi connectivity index (χ4v) is 2.53. The maximum Gasteiger partial charge on any atom is 0.244 e. The number of halogens is 1. The highest BCUT2D eigenvalue weighted by Crippen LogP contribution is 2.23. The van der Waals surface area contributed by atoms with Gasteiger partial charge in [0.2, 0.25) is 5.91 Å². The molecule has 1 amide bonds. The van der Waals surface area contributed by atoms with E-state index in [0.717, 1.165) is 31.0 Å². The Morgan fingerprint density at radius 2 is 1.95 bits per heavy atom. The number of likely N-dealkylation sites (N-methyl/N-ethyl adjacent to an activating group) is 1. The molecule has 0 spiro atoms. The van der Waals surface area contributed by atoms with Crippen LogP contribution in [0.15, 0.2) is 0 Å². The Balaban J connectivity index is 2.67. The van der Waals surface area contributed by atoms with Crippen molar-refractivity contribution in [3.8, 4) is 0 Å². The molecular formula is C15H27ClN4O. The van der Waals surface area contributed by atoms with Crippen LogP contribution in [0.2, 0.25) is 5.02 Å². The Bertz CT molecular complexity index is 468. The Hall–Kier alpha value is -1.07. The maximum absolute atomic E-state index is 12.4. The molecule has 0 aliphatic carbocycles. The van der Waals surface area contributed by atoms with Gasteiger partial charge in [-0.3, -0.25) is 9.48 Å². The van der Waals surface area contributed by atoms with Crippen LogP contribution in [0.5, 0.6) is 0 Å². The first-order chi connectivity index (χ1) is 9.96. The molecule has 0 saturated heterocycles. The standard InChI is InChI=1S/C15H27ClN4O/c1-6-13(20-12(5)14(16)11(4)18-20)15(21)17-9-10-19(7-2)8-3/h13H,6-10H2,1-5H3,(H,17,21). The molecule has 0 bridgehead atoms. The highest BCUT2D eigenvalue weighted by Gasteiger charge is 2.22. The molecule has 21 heavy (non-hydrogen) atoms. The van der Waals surface area contributed by atoms with E-state index in [-0.39, 0.29) is 11.9 Å². The van der Waals surface area contributed by atoms with Gasteiger partial charge in [0, 0.05) is 13.1 Å². The molecule has 0 saturated carbocycles. The third-order valence-electron chi connectivity index (χ3n) is 3.84. The topological polar surface area (TPSA) is 50.2 Å². The lowest BCUT2D eigenvalue weighted by Crippen LogP contribution is -2.38. The summed E-state index contributed by atoms with van der Waals surface area (Å²) < 4.78 is 1.74. The molecule has 0 aromatic carbocycles. The van der Waals surface area contributed by atoms with Crippen molar-refractivity contribution in [3.63, 3.8) is 0 Å². The summed E-state index contributed by atoms with van der Waals surface area (Å²) in [4.78, 5) is 14.7. The molecule has 0 aliphatic heterocycles. The van der Waals surface area contributed by atoms with Gasteiger partial charge in [-0.2, -0.15) is 5.10 Å². The van der Waals surface area contributed by atoms with E-state index in [4.69, 9.17) is 11.6 Å². The zero-order chi connectivity index (χ0) is 16.0. The van der Waals surface area contributed by atoms with Crippen LogP contribution in [0.1, 0.15) is 44.6 Å². The number of nitrogens with zero attached hydrogens (tertiary/aromatic N) is 3. The van der Waals surface area contributed by atoms with Crippen LogP contribution in [0, 0.1) is 13.8 Å². The summed E-state index contributed by atoms with van der Waals surface area (Å²) >= 11 is 6.17. The highest BCUT2D eigenvalue weighted by atomic mass is 35.5. The molecule has 6 heteroatoms. The van der Waals surface area contributed by atoms with Crippen LogP contribution in [-0.4, -0.2) is 46.8 Å². The van der Waals surface area contributed by atoms with E-state index >= 15 is 0 Å². The van der Waals surface area contributed by atoms with Crippen molar-refractivity contribution in [3.05, 3.63) is 16.4 Å². The Morgan fingerprint density at radius 3 is 2.38 bits per heavy atom. The second kappa shape index (κ2) is 8.39. The fraction of sp³-hybridized carbons (Fsp3) is 0.733. The maximum atomic E-state index is 12.4. The smallest absolute Gasteiger partial charge is 0.244 e. The minimum absolute atomic E-state index is 0.00641. The number of hydrogen-bond donors (Lipinski definition) is 1. The van der Waals surface area contributed by atoms with Crippen molar-refractivity contribution in [1.82, 2.24) is 20.0 Å². The van der Waals surface area contributed by atoms with E-state index in [2.05, 4.69) is 29.2 Å². The molecule has 1 N–H and O–H groups in total. The van der Waals surface area contributed by atoms with Gasteiger partial charge < -0.3 is 10.2 Å².